The third-order valence-corrected chi connectivity index (χ3v) is 8.42. The number of benzene rings is 4. The molecule has 192 valence electrons. The monoisotopic (exact) mass is 562 g/mol. The number of aryl methyl sites for hydroxylation is 1. The normalized spacial score (nSPS) is 12.0. The van der Waals surface area contributed by atoms with E-state index in [1.54, 1.807) is 50.2 Å². The zero-order valence-corrected chi connectivity index (χ0v) is 24.5. The summed E-state index contributed by atoms with van der Waals surface area (Å²) in [5.41, 5.74) is 7.71. The zero-order valence-electron chi connectivity index (χ0n) is 20.9. The van der Waals surface area contributed by atoms with E-state index in [0.29, 0.717) is 16.9 Å². The maximum atomic E-state index is 13.3. The number of phenolic OH excluding ortho intramolecular Hbond substituents is 1. The molecule has 4 aromatic carbocycles. The second-order valence-electron chi connectivity index (χ2n) is 8.15. The molecule has 10 nitrogen and oxygen atoms in total. The van der Waals surface area contributed by atoms with E-state index in [-0.39, 0.29) is 63.1 Å². The summed E-state index contributed by atoms with van der Waals surface area (Å²) >= 11 is 0. The minimum Gasteiger partial charge on any atom is -0.744 e. The largest absolute Gasteiger partial charge is 1.00 e. The van der Waals surface area contributed by atoms with Gasteiger partial charge in [-0.1, -0.05) is 30.3 Å². The Hall–Kier alpha value is -3.00. The summed E-state index contributed by atoms with van der Waals surface area (Å²) in [4.78, 5) is -0.436. The van der Waals surface area contributed by atoms with Crippen LogP contribution in [-0.2, 0) is 20.1 Å². The van der Waals surface area contributed by atoms with Crippen LogP contribution in [0.4, 0.5) is 22.7 Å². The fourth-order valence-corrected chi connectivity index (χ4v) is 5.97. The predicted octanol–water partition coefficient (Wildman–Crippen LogP) is 1.97. The van der Waals surface area contributed by atoms with Crippen LogP contribution >= 0.6 is 0 Å². The fraction of sp³-hybridized carbons (Fsp3) is 0.120. The van der Waals surface area contributed by atoms with E-state index in [1.165, 1.54) is 28.6 Å². The Morgan fingerprint density at radius 3 is 2.24 bits per heavy atom. The molecule has 0 aromatic heterocycles. The molecule has 0 radical (unpaired) electrons. The molecule has 3 N–H and O–H groups in total. The average Bonchev–Trinajstić information content (AvgIpc) is 2.85. The van der Waals surface area contributed by atoms with Crippen LogP contribution in [0.1, 0.15) is 12.5 Å². The van der Waals surface area contributed by atoms with Crippen LogP contribution in [-0.4, -0.2) is 33.0 Å². The summed E-state index contributed by atoms with van der Waals surface area (Å²) in [6, 6.07) is 17.9. The maximum absolute atomic E-state index is 13.3. The number of nitrogens with two attached hydrogens (primary N) is 1. The molecule has 4 rings (SSSR count). The standard InChI is InChI=1S/C25H24N4O6S2.Na/c1-3-29(36(31,32)19-7-5-4-6-8-19)22-14-18(11-9-16(22)2)27-28-25-21(26)12-10-17-13-20(37(33,34)35)15-23(30)24(17)25;/h4-15,30H,3,26H2,1-2H3,(H,33,34,35);/q;+1/p-1. The number of hydrogen-bond acceptors (Lipinski definition) is 9. The second kappa shape index (κ2) is 11.4. The summed E-state index contributed by atoms with van der Waals surface area (Å²) in [5, 5.41) is 19.2. The Bertz CT molecular complexity index is 1750. The van der Waals surface area contributed by atoms with Crippen molar-refractivity contribution in [3.05, 3.63) is 78.4 Å². The maximum Gasteiger partial charge on any atom is 1.00 e. The van der Waals surface area contributed by atoms with Crippen LogP contribution in [0.3, 0.4) is 0 Å². The SMILES string of the molecule is CCN(c1cc(N=Nc2c(N)ccc3cc(S(=O)(=O)[O-])cc(O)c23)ccc1C)S(=O)(=O)c1ccccc1.[Na+]. The van der Waals surface area contributed by atoms with Crippen molar-refractivity contribution < 1.29 is 56.1 Å². The predicted molar refractivity (Wildman–Crippen MR) is 140 cm³/mol. The Morgan fingerprint density at radius 1 is 0.921 bits per heavy atom. The number of phenols is 1. The van der Waals surface area contributed by atoms with Crippen molar-refractivity contribution in [1.29, 1.82) is 0 Å². The third-order valence-electron chi connectivity index (χ3n) is 5.71. The van der Waals surface area contributed by atoms with E-state index in [1.807, 2.05) is 0 Å². The van der Waals surface area contributed by atoms with Gasteiger partial charge in [0, 0.05) is 6.54 Å². The summed E-state index contributed by atoms with van der Waals surface area (Å²) < 4.78 is 62.1. The minimum absolute atomic E-state index is 0. The first-order chi connectivity index (χ1) is 17.4. The van der Waals surface area contributed by atoms with Gasteiger partial charge in [-0.2, -0.15) is 5.11 Å². The zero-order chi connectivity index (χ0) is 27.0. The van der Waals surface area contributed by atoms with Crippen molar-refractivity contribution in [2.75, 3.05) is 16.6 Å². The molecule has 0 unspecified atom stereocenters. The summed E-state index contributed by atoms with van der Waals surface area (Å²) in [7, 11) is -8.63. The molecule has 0 amide bonds. The number of rotatable bonds is 7. The first-order valence-electron chi connectivity index (χ1n) is 11.0. The van der Waals surface area contributed by atoms with Crippen molar-refractivity contribution in [2.45, 2.75) is 23.6 Å². The van der Waals surface area contributed by atoms with Gasteiger partial charge in [0.15, 0.2) is 0 Å². The van der Waals surface area contributed by atoms with Crippen LogP contribution in [0, 0.1) is 6.92 Å². The number of azo groups is 1. The van der Waals surface area contributed by atoms with Gasteiger partial charge in [-0.3, -0.25) is 4.31 Å². The molecule has 0 fully saturated rings. The number of anilines is 2. The summed E-state index contributed by atoms with van der Waals surface area (Å²) in [5.74, 6) is -0.496. The first kappa shape index (κ1) is 29.6. The quantitative estimate of drug-likeness (QED) is 0.150. The van der Waals surface area contributed by atoms with Gasteiger partial charge < -0.3 is 15.4 Å². The van der Waals surface area contributed by atoms with Crippen molar-refractivity contribution in [1.82, 2.24) is 0 Å². The van der Waals surface area contributed by atoms with Gasteiger partial charge in [0.1, 0.15) is 21.6 Å². The average molecular weight is 563 g/mol. The molecule has 4 aromatic rings. The van der Waals surface area contributed by atoms with Crippen LogP contribution in [0.5, 0.6) is 5.75 Å². The second-order valence-corrected chi connectivity index (χ2v) is 11.4. The number of sulfonamides is 1. The van der Waals surface area contributed by atoms with Crippen LogP contribution in [0.15, 0.2) is 92.8 Å². The van der Waals surface area contributed by atoms with Crippen molar-refractivity contribution in [3.8, 4) is 5.75 Å². The Labute approximate surface area is 242 Å². The van der Waals surface area contributed by atoms with Crippen LogP contribution < -0.4 is 39.6 Å². The molecule has 38 heavy (non-hydrogen) atoms. The Balaban J connectivity index is 0.00000400. The number of nitrogen functional groups attached to an aromatic ring is 1. The van der Waals surface area contributed by atoms with Gasteiger partial charge in [-0.05, 0) is 67.3 Å². The van der Waals surface area contributed by atoms with Crippen molar-refractivity contribution in [2.24, 2.45) is 10.2 Å². The van der Waals surface area contributed by atoms with Gasteiger partial charge >= 0.3 is 29.6 Å². The van der Waals surface area contributed by atoms with Crippen molar-refractivity contribution >= 4 is 53.7 Å². The molecule has 0 aliphatic rings. The van der Waals surface area contributed by atoms with E-state index in [2.05, 4.69) is 10.2 Å². The van der Waals surface area contributed by atoms with Crippen LogP contribution in [0.25, 0.3) is 10.8 Å². The van der Waals surface area contributed by atoms with E-state index in [0.717, 1.165) is 12.1 Å². The van der Waals surface area contributed by atoms with Gasteiger partial charge in [0.05, 0.1) is 32.2 Å². The first-order valence-corrected chi connectivity index (χ1v) is 13.9. The number of fused-ring (bicyclic) bond motifs is 1. The molecule has 0 aliphatic carbocycles. The van der Waals surface area contributed by atoms with Gasteiger partial charge in [0.2, 0.25) is 0 Å². The van der Waals surface area contributed by atoms with Crippen LogP contribution in [0.2, 0.25) is 0 Å². The summed E-state index contributed by atoms with van der Waals surface area (Å²) in [6.07, 6.45) is 0. The molecule has 0 atom stereocenters. The molecule has 0 bridgehead atoms. The number of aromatic hydroxyl groups is 1. The van der Waals surface area contributed by atoms with Gasteiger partial charge in [0.25, 0.3) is 10.0 Å². The van der Waals surface area contributed by atoms with Gasteiger partial charge in [-0.15, -0.1) is 5.11 Å². The molecule has 0 spiro atoms. The number of hydrogen-bond donors (Lipinski definition) is 2. The summed E-state index contributed by atoms with van der Waals surface area (Å²) in [6.45, 7) is 3.68. The van der Waals surface area contributed by atoms with Gasteiger partial charge in [-0.25, -0.2) is 16.8 Å². The Morgan fingerprint density at radius 2 is 1.61 bits per heavy atom. The third kappa shape index (κ3) is 5.85. The topological polar surface area (TPSA) is 166 Å². The molecule has 0 saturated carbocycles. The molecular weight excluding hydrogens is 539 g/mol. The molecular formula is C25H23N4NaO6S2. The van der Waals surface area contributed by atoms with E-state index >= 15 is 0 Å². The van der Waals surface area contributed by atoms with E-state index in [9.17, 15) is 26.5 Å². The molecule has 13 heteroatoms. The molecule has 0 saturated heterocycles. The minimum atomic E-state index is -4.80. The fourth-order valence-electron chi connectivity index (χ4n) is 3.89. The van der Waals surface area contributed by atoms with E-state index in [4.69, 9.17) is 5.73 Å². The smallest absolute Gasteiger partial charge is 0.744 e. The Kier molecular flexibility index (Phi) is 8.86. The molecule has 0 aliphatic heterocycles. The van der Waals surface area contributed by atoms with Crippen molar-refractivity contribution in [3.63, 3.8) is 0 Å². The molecule has 0 heterocycles. The van der Waals surface area contributed by atoms with E-state index < -0.39 is 30.8 Å². The number of nitrogens with zero attached hydrogens (tertiary/aromatic N) is 3.